The molecule has 0 aliphatic carbocycles. The minimum absolute atomic E-state index is 0.505. The smallest absolute Gasteiger partial charge is 0.167 e. The summed E-state index contributed by atoms with van der Waals surface area (Å²) in [5.74, 6) is 1.52. The Hall–Kier alpha value is -2.30. The molecule has 0 bridgehead atoms. The van der Waals surface area contributed by atoms with Crippen molar-refractivity contribution in [1.29, 1.82) is 0 Å². The number of hydrogen-bond acceptors (Lipinski definition) is 3. The Bertz CT molecular complexity index is 838. The SMILES string of the molecule is COc1ccc(Br)c(CNCCc2ccccc2)c1OCc1ccccc1. The molecule has 0 fully saturated rings. The first kappa shape index (κ1) is 19.5. The van der Waals surface area contributed by atoms with Crippen LogP contribution in [-0.2, 0) is 19.6 Å². The molecule has 3 nitrogen and oxygen atoms in total. The van der Waals surface area contributed by atoms with Gasteiger partial charge in [-0.25, -0.2) is 0 Å². The number of methoxy groups -OCH3 is 1. The lowest BCUT2D eigenvalue weighted by atomic mass is 10.1. The molecular weight excluding hydrogens is 402 g/mol. The van der Waals surface area contributed by atoms with Crippen LogP contribution in [0.25, 0.3) is 0 Å². The Balaban J connectivity index is 1.67. The van der Waals surface area contributed by atoms with E-state index in [0.29, 0.717) is 13.2 Å². The molecular formula is C23H24BrNO2. The van der Waals surface area contributed by atoms with Gasteiger partial charge in [0.25, 0.3) is 0 Å². The number of ether oxygens (including phenoxy) is 2. The van der Waals surface area contributed by atoms with Gasteiger partial charge in [-0.05, 0) is 36.2 Å². The molecule has 3 rings (SSSR count). The van der Waals surface area contributed by atoms with E-state index in [1.165, 1.54) is 5.56 Å². The minimum Gasteiger partial charge on any atom is -0.493 e. The van der Waals surface area contributed by atoms with Crippen molar-refractivity contribution in [2.75, 3.05) is 13.7 Å². The molecule has 0 atom stereocenters. The van der Waals surface area contributed by atoms with Crippen molar-refractivity contribution in [1.82, 2.24) is 5.32 Å². The van der Waals surface area contributed by atoms with Crippen LogP contribution in [0.4, 0.5) is 0 Å². The van der Waals surface area contributed by atoms with Crippen molar-refractivity contribution < 1.29 is 9.47 Å². The van der Waals surface area contributed by atoms with Gasteiger partial charge in [-0.3, -0.25) is 0 Å². The summed E-state index contributed by atoms with van der Waals surface area (Å²) in [5.41, 5.74) is 3.52. The van der Waals surface area contributed by atoms with Crippen LogP contribution in [0.5, 0.6) is 11.5 Å². The van der Waals surface area contributed by atoms with Crippen LogP contribution in [0, 0.1) is 0 Å². The van der Waals surface area contributed by atoms with Gasteiger partial charge >= 0.3 is 0 Å². The summed E-state index contributed by atoms with van der Waals surface area (Å²) >= 11 is 3.66. The average Bonchev–Trinajstić information content (AvgIpc) is 2.72. The fourth-order valence-electron chi connectivity index (χ4n) is 2.89. The Labute approximate surface area is 169 Å². The number of nitrogens with one attached hydrogen (secondary N) is 1. The van der Waals surface area contributed by atoms with E-state index >= 15 is 0 Å². The van der Waals surface area contributed by atoms with E-state index in [0.717, 1.165) is 40.1 Å². The van der Waals surface area contributed by atoms with E-state index in [1.54, 1.807) is 7.11 Å². The van der Waals surface area contributed by atoms with Gasteiger partial charge in [0, 0.05) is 16.6 Å². The van der Waals surface area contributed by atoms with Crippen molar-refractivity contribution in [3.63, 3.8) is 0 Å². The number of rotatable bonds is 9. The largest absolute Gasteiger partial charge is 0.493 e. The summed E-state index contributed by atoms with van der Waals surface area (Å²) in [6.07, 6.45) is 0.989. The third-order valence-corrected chi connectivity index (χ3v) is 5.09. The van der Waals surface area contributed by atoms with Crippen molar-refractivity contribution in [3.05, 3.63) is 94.0 Å². The molecule has 0 aliphatic heterocycles. The summed E-state index contributed by atoms with van der Waals surface area (Å²) in [4.78, 5) is 0. The van der Waals surface area contributed by atoms with Gasteiger partial charge in [0.05, 0.1) is 7.11 Å². The lowest BCUT2D eigenvalue weighted by Gasteiger charge is -2.17. The Kier molecular flexibility index (Phi) is 7.31. The lowest BCUT2D eigenvalue weighted by molar-refractivity contribution is 0.280. The monoisotopic (exact) mass is 425 g/mol. The van der Waals surface area contributed by atoms with Crippen LogP contribution in [0.1, 0.15) is 16.7 Å². The number of halogens is 1. The van der Waals surface area contributed by atoms with E-state index in [1.807, 2.05) is 36.4 Å². The van der Waals surface area contributed by atoms with E-state index in [2.05, 4.69) is 57.6 Å². The molecule has 0 radical (unpaired) electrons. The van der Waals surface area contributed by atoms with E-state index in [-0.39, 0.29) is 0 Å². The van der Waals surface area contributed by atoms with Gasteiger partial charge in [-0.1, -0.05) is 76.6 Å². The van der Waals surface area contributed by atoms with Crippen molar-refractivity contribution in [2.24, 2.45) is 0 Å². The van der Waals surface area contributed by atoms with Crippen LogP contribution in [0.3, 0.4) is 0 Å². The topological polar surface area (TPSA) is 30.5 Å². The third kappa shape index (κ3) is 5.59. The summed E-state index contributed by atoms with van der Waals surface area (Å²) in [5, 5.41) is 3.52. The summed E-state index contributed by atoms with van der Waals surface area (Å²) in [7, 11) is 1.67. The summed E-state index contributed by atoms with van der Waals surface area (Å²) in [6, 6.07) is 24.6. The predicted octanol–water partition coefficient (Wildman–Crippen LogP) is 5.37. The quantitative estimate of drug-likeness (QED) is 0.467. The Morgan fingerprint density at radius 2 is 1.52 bits per heavy atom. The highest BCUT2D eigenvalue weighted by Crippen LogP contribution is 2.36. The molecule has 1 N–H and O–H groups in total. The van der Waals surface area contributed by atoms with Crippen molar-refractivity contribution >= 4 is 15.9 Å². The second-order valence-corrected chi connectivity index (χ2v) is 7.10. The molecule has 0 heterocycles. The molecule has 27 heavy (non-hydrogen) atoms. The van der Waals surface area contributed by atoms with Crippen molar-refractivity contribution in [3.8, 4) is 11.5 Å². The predicted molar refractivity (Wildman–Crippen MR) is 113 cm³/mol. The molecule has 0 amide bonds. The van der Waals surface area contributed by atoms with Gasteiger partial charge in [0.15, 0.2) is 11.5 Å². The highest BCUT2D eigenvalue weighted by molar-refractivity contribution is 9.10. The zero-order valence-electron chi connectivity index (χ0n) is 15.5. The fourth-order valence-corrected chi connectivity index (χ4v) is 3.34. The molecule has 0 aromatic heterocycles. The number of hydrogen-bond donors (Lipinski definition) is 1. The van der Waals surface area contributed by atoms with Gasteiger partial charge in [-0.2, -0.15) is 0 Å². The highest BCUT2D eigenvalue weighted by Gasteiger charge is 2.14. The molecule has 0 saturated carbocycles. The molecule has 4 heteroatoms. The maximum absolute atomic E-state index is 6.15. The molecule has 0 saturated heterocycles. The standard InChI is InChI=1S/C23H24BrNO2/c1-26-22-13-12-21(24)20(16-25-15-14-18-8-4-2-5-9-18)23(22)27-17-19-10-6-3-7-11-19/h2-13,25H,14-17H2,1H3. The first-order valence-electron chi connectivity index (χ1n) is 9.04. The molecule has 0 unspecified atom stereocenters. The van der Waals surface area contributed by atoms with E-state index in [4.69, 9.17) is 9.47 Å². The van der Waals surface area contributed by atoms with Gasteiger partial charge in [0.2, 0.25) is 0 Å². The first-order valence-corrected chi connectivity index (χ1v) is 9.84. The summed E-state index contributed by atoms with van der Waals surface area (Å²) in [6.45, 7) is 2.10. The normalized spacial score (nSPS) is 10.6. The van der Waals surface area contributed by atoms with Gasteiger partial charge in [0.1, 0.15) is 6.61 Å². The van der Waals surface area contributed by atoms with Gasteiger partial charge in [-0.15, -0.1) is 0 Å². The van der Waals surface area contributed by atoms with E-state index < -0.39 is 0 Å². The second-order valence-electron chi connectivity index (χ2n) is 6.24. The van der Waals surface area contributed by atoms with Crippen LogP contribution >= 0.6 is 15.9 Å². The maximum atomic E-state index is 6.15. The molecule has 3 aromatic carbocycles. The number of benzene rings is 3. The van der Waals surface area contributed by atoms with Gasteiger partial charge < -0.3 is 14.8 Å². The fraction of sp³-hybridized carbons (Fsp3) is 0.217. The van der Waals surface area contributed by atoms with E-state index in [9.17, 15) is 0 Å². The van der Waals surface area contributed by atoms with Crippen molar-refractivity contribution in [2.45, 2.75) is 19.6 Å². The molecule has 140 valence electrons. The minimum atomic E-state index is 0.505. The summed E-state index contributed by atoms with van der Waals surface area (Å²) < 4.78 is 12.7. The lowest BCUT2D eigenvalue weighted by Crippen LogP contribution is -2.18. The maximum Gasteiger partial charge on any atom is 0.167 e. The molecule has 0 aliphatic rings. The Morgan fingerprint density at radius 1 is 0.852 bits per heavy atom. The highest BCUT2D eigenvalue weighted by atomic mass is 79.9. The van der Waals surface area contributed by atoms with Crippen LogP contribution in [0.15, 0.2) is 77.3 Å². The zero-order valence-corrected chi connectivity index (χ0v) is 17.0. The van der Waals surface area contributed by atoms with Crippen LogP contribution < -0.4 is 14.8 Å². The second kappa shape index (κ2) is 10.1. The zero-order chi connectivity index (χ0) is 18.9. The first-order chi connectivity index (χ1) is 13.3. The van der Waals surface area contributed by atoms with Crippen LogP contribution in [0.2, 0.25) is 0 Å². The third-order valence-electron chi connectivity index (χ3n) is 4.35. The molecule has 0 spiro atoms. The van der Waals surface area contributed by atoms with Crippen LogP contribution in [-0.4, -0.2) is 13.7 Å². The average molecular weight is 426 g/mol. The molecule has 3 aromatic rings. The Morgan fingerprint density at radius 3 is 2.19 bits per heavy atom.